The lowest BCUT2D eigenvalue weighted by atomic mass is 9.61. The summed E-state index contributed by atoms with van der Waals surface area (Å²) in [6.45, 7) is 4.70. The first-order valence-corrected chi connectivity index (χ1v) is 43.8. The van der Waals surface area contributed by atoms with Crippen molar-refractivity contribution in [2.45, 2.75) is 30.1 Å². The van der Waals surface area contributed by atoms with Crippen molar-refractivity contribution in [3.05, 3.63) is 517 Å². The lowest BCUT2D eigenvalue weighted by Gasteiger charge is -2.48. The molecule has 127 heavy (non-hydrogen) atoms. The highest BCUT2D eigenvalue weighted by molar-refractivity contribution is 6.13. The van der Waals surface area contributed by atoms with Crippen molar-refractivity contribution in [2.75, 3.05) is 19.6 Å². The van der Waals surface area contributed by atoms with E-state index in [4.69, 9.17) is 9.47 Å². The average Bonchev–Trinajstić information content (AvgIpc) is 1.44. The van der Waals surface area contributed by atoms with Gasteiger partial charge in [0.25, 0.3) is 0 Å². The summed E-state index contributed by atoms with van der Waals surface area (Å²) in [5.74, 6) is 3.44. The highest BCUT2D eigenvalue weighted by Gasteiger charge is 2.54. The number of aromatic nitrogens is 2. The van der Waals surface area contributed by atoms with E-state index in [1.54, 1.807) is 0 Å². The van der Waals surface area contributed by atoms with E-state index in [9.17, 15) is 0 Å². The molecule has 0 radical (unpaired) electrons. The molecule has 6 heterocycles. The van der Waals surface area contributed by atoms with Crippen molar-refractivity contribution in [3.8, 4) is 45.5 Å². The Hall–Kier alpha value is -16.4. The molecular formula is C119H82N6O2. The lowest BCUT2D eigenvalue weighted by molar-refractivity contribution is 0.434. The quantitative estimate of drug-likeness (QED) is 0.136. The smallest absolute Gasteiger partial charge is 0.134 e. The normalized spacial score (nSPS) is 13.9. The topological polar surface area (TPSA) is 41.3 Å². The standard InChI is InChI=1S/C64H45N3O.C55H37N3O/c1-63(2)51-25-11-9-23-47(51)48-38-37-46(39-55(48)63)65(42-19-5-3-6-20-42)44-33-35-45(36-34-44)66-57-29-15-10-24-49(57)50-40-56-62(41-60(50)66)68-61-32-18-14-28-54(61)64(56)52-26-12-16-30-58(52)67(43-21-7-4-8-22-43)59-31-17-13-27-53(59)64;1-4-18-38(19-5-1)56(39-20-6-2-7-21-39)41-32-34-42(35-33-41)57-49-28-14-10-24-43(49)44-36-48-54(37-52(44)57)59-53-31-17-13-27-47(53)55(48)45-25-11-15-29-50(45)58(40-22-8-3-9-23-40)51-30-16-12-26-46(51)55/h3-41H,1-2H3;1-37H. The molecule has 5 aliphatic rings. The van der Waals surface area contributed by atoms with Crippen LogP contribution in [0.3, 0.4) is 0 Å². The molecule has 0 fully saturated rings. The summed E-state index contributed by atoms with van der Waals surface area (Å²) >= 11 is 0. The fourth-order valence-electron chi connectivity index (χ4n) is 21.9. The molecule has 0 unspecified atom stereocenters. The summed E-state index contributed by atoms with van der Waals surface area (Å²) < 4.78 is 19.0. The van der Waals surface area contributed by atoms with Gasteiger partial charge in [-0.05, 0) is 226 Å². The number of ether oxygens (including phenoxy) is 2. The van der Waals surface area contributed by atoms with Crippen LogP contribution in [-0.2, 0) is 16.2 Å². The molecule has 8 nitrogen and oxygen atoms in total. The summed E-state index contributed by atoms with van der Waals surface area (Å²) in [6.07, 6.45) is 0. The first-order chi connectivity index (χ1) is 62.8. The van der Waals surface area contributed by atoms with Gasteiger partial charge < -0.3 is 38.2 Å². The summed E-state index contributed by atoms with van der Waals surface area (Å²) in [7, 11) is 0. The molecule has 2 spiro atoms. The maximum Gasteiger partial charge on any atom is 0.134 e. The van der Waals surface area contributed by atoms with E-state index in [2.05, 4.69) is 504 Å². The van der Waals surface area contributed by atoms with Gasteiger partial charge >= 0.3 is 0 Å². The molecule has 0 saturated heterocycles. The number of para-hydroxylation sites is 13. The number of rotatable bonds is 10. The fraction of sp³-hybridized carbons (Fsp3) is 0.0420. The Morgan fingerprint density at radius 3 is 0.913 bits per heavy atom. The van der Waals surface area contributed by atoms with E-state index < -0.39 is 10.8 Å². The Balaban J connectivity index is 0.000000140. The van der Waals surface area contributed by atoms with Crippen LogP contribution in [0, 0.1) is 0 Å². The Morgan fingerprint density at radius 2 is 0.504 bits per heavy atom. The van der Waals surface area contributed by atoms with Gasteiger partial charge in [-0.15, -0.1) is 0 Å². The fourth-order valence-corrected chi connectivity index (χ4v) is 21.9. The Labute approximate surface area is 737 Å². The van der Waals surface area contributed by atoms with E-state index in [1.165, 1.54) is 66.1 Å². The molecule has 2 aromatic heterocycles. The van der Waals surface area contributed by atoms with Crippen molar-refractivity contribution < 1.29 is 9.47 Å². The van der Waals surface area contributed by atoms with Gasteiger partial charge in [-0.3, -0.25) is 0 Å². The van der Waals surface area contributed by atoms with Crippen LogP contribution >= 0.6 is 0 Å². The first-order valence-electron chi connectivity index (χ1n) is 43.8. The van der Waals surface area contributed by atoms with Crippen molar-refractivity contribution in [1.29, 1.82) is 0 Å². The van der Waals surface area contributed by atoms with E-state index in [0.717, 1.165) is 147 Å². The molecule has 1 aliphatic carbocycles. The van der Waals surface area contributed by atoms with E-state index >= 15 is 0 Å². The maximum atomic E-state index is 7.12. The van der Waals surface area contributed by atoms with Gasteiger partial charge in [0.05, 0.1) is 55.6 Å². The SMILES string of the molecule is CC1(C)c2ccccc2-c2ccc(N(c3ccccc3)c3ccc(-n4c5ccccc5c5cc6c(cc54)Oc4ccccc4C64c5ccccc5N(c5ccccc5)c5ccccc54)cc3)cc21.c1ccc(N(c2ccccc2)c2ccc(-n3c4ccccc4c4cc5c(cc43)Oc3ccccc3C53c4ccccc4N(c4ccccc4)c4ccccc43)cc2)cc1. The van der Waals surface area contributed by atoms with E-state index in [-0.39, 0.29) is 5.41 Å². The van der Waals surface area contributed by atoms with Crippen LogP contribution in [0.25, 0.3) is 66.1 Å². The van der Waals surface area contributed by atoms with Crippen LogP contribution in [0.15, 0.2) is 461 Å². The monoisotopic (exact) mass is 1630 g/mol. The second-order valence-electron chi connectivity index (χ2n) is 34.2. The van der Waals surface area contributed by atoms with Gasteiger partial charge in [0.15, 0.2) is 0 Å². The molecule has 600 valence electrons. The largest absolute Gasteiger partial charge is 0.457 e. The van der Waals surface area contributed by atoms with Gasteiger partial charge in [0, 0.05) is 118 Å². The Kier molecular flexibility index (Phi) is 16.7. The zero-order valence-electron chi connectivity index (χ0n) is 69.9. The van der Waals surface area contributed by atoms with Gasteiger partial charge in [0.2, 0.25) is 0 Å². The van der Waals surface area contributed by atoms with Gasteiger partial charge in [-0.2, -0.15) is 0 Å². The maximum absolute atomic E-state index is 7.12. The van der Waals surface area contributed by atoms with Gasteiger partial charge in [-0.1, -0.05) is 281 Å². The van der Waals surface area contributed by atoms with Crippen LogP contribution in [0.2, 0.25) is 0 Å². The summed E-state index contributed by atoms with van der Waals surface area (Å²) in [5, 5.41) is 4.75. The Bertz CT molecular complexity index is 7810. The molecule has 19 aromatic carbocycles. The molecule has 0 amide bonds. The number of fused-ring (bicyclic) bond motifs is 25. The predicted octanol–water partition coefficient (Wildman–Crippen LogP) is 31.4. The third-order valence-electron chi connectivity index (χ3n) is 27.2. The molecular weight excluding hydrogens is 1550 g/mol. The number of nitrogens with zero attached hydrogens (tertiary/aromatic N) is 6. The molecule has 21 aromatic rings. The lowest BCUT2D eigenvalue weighted by Crippen LogP contribution is -2.39. The molecule has 0 saturated carbocycles. The zero-order chi connectivity index (χ0) is 84.1. The van der Waals surface area contributed by atoms with Crippen LogP contribution < -0.4 is 29.1 Å². The Morgan fingerprint density at radius 1 is 0.197 bits per heavy atom. The minimum atomic E-state index is -0.669. The van der Waals surface area contributed by atoms with Crippen LogP contribution in [0.1, 0.15) is 69.5 Å². The number of anilines is 12. The molecule has 0 bridgehead atoms. The highest BCUT2D eigenvalue weighted by atomic mass is 16.5. The van der Waals surface area contributed by atoms with E-state index in [0.29, 0.717) is 0 Å². The van der Waals surface area contributed by atoms with Crippen molar-refractivity contribution in [2.24, 2.45) is 0 Å². The highest BCUT2D eigenvalue weighted by Crippen LogP contribution is 2.66. The van der Waals surface area contributed by atoms with Gasteiger partial charge in [0.1, 0.15) is 23.0 Å². The number of benzene rings is 19. The first kappa shape index (κ1) is 73.3. The molecule has 26 rings (SSSR count). The minimum absolute atomic E-state index is 0.110. The van der Waals surface area contributed by atoms with Gasteiger partial charge in [-0.25, -0.2) is 0 Å². The zero-order valence-corrected chi connectivity index (χ0v) is 69.9. The number of hydrogen-bond acceptors (Lipinski definition) is 6. The van der Waals surface area contributed by atoms with Crippen LogP contribution in [0.5, 0.6) is 23.0 Å². The minimum Gasteiger partial charge on any atom is -0.457 e. The van der Waals surface area contributed by atoms with Crippen LogP contribution in [-0.4, -0.2) is 9.13 Å². The third-order valence-corrected chi connectivity index (χ3v) is 27.2. The van der Waals surface area contributed by atoms with E-state index in [1.807, 2.05) is 0 Å². The average molecular weight is 1630 g/mol. The molecule has 0 N–H and O–H groups in total. The second kappa shape index (κ2) is 28.9. The molecule has 8 heteroatoms. The third kappa shape index (κ3) is 11.0. The predicted molar refractivity (Wildman–Crippen MR) is 522 cm³/mol. The van der Waals surface area contributed by atoms with Crippen LogP contribution in [0.4, 0.5) is 68.2 Å². The second-order valence-corrected chi connectivity index (χ2v) is 34.2. The number of hydrogen-bond donors (Lipinski definition) is 0. The molecule has 0 atom stereocenters. The van der Waals surface area contributed by atoms with Crippen molar-refractivity contribution in [3.63, 3.8) is 0 Å². The van der Waals surface area contributed by atoms with Crippen molar-refractivity contribution >= 4 is 112 Å². The summed E-state index contributed by atoms with van der Waals surface area (Å²) in [6, 6.07) is 167. The van der Waals surface area contributed by atoms with Crippen molar-refractivity contribution in [1.82, 2.24) is 9.13 Å². The summed E-state index contributed by atoms with van der Waals surface area (Å²) in [4.78, 5) is 9.52. The summed E-state index contributed by atoms with van der Waals surface area (Å²) in [5.41, 5.74) is 33.5. The molecule has 4 aliphatic heterocycles.